The first-order chi connectivity index (χ1) is 11.8. The molecule has 0 N–H and O–H groups in total. The van der Waals surface area contributed by atoms with Gasteiger partial charge in [0.25, 0.3) is 0 Å². The molecule has 3 aromatic carbocycles. The molecule has 0 atom stereocenters. The van der Waals surface area contributed by atoms with Crippen LogP contribution in [0.3, 0.4) is 0 Å². The summed E-state index contributed by atoms with van der Waals surface area (Å²) in [6.45, 7) is 13.3. The molecule has 0 aliphatic heterocycles. The van der Waals surface area contributed by atoms with Crippen molar-refractivity contribution in [3.8, 4) is 22.3 Å². The molecule has 0 saturated carbocycles. The van der Waals surface area contributed by atoms with Gasteiger partial charge in [0, 0.05) is 0 Å². The van der Waals surface area contributed by atoms with E-state index in [0.717, 1.165) is 0 Å². The number of hydrogen-bond donors (Lipinski definition) is 0. The van der Waals surface area contributed by atoms with Gasteiger partial charge in [-0.1, -0.05) is 0 Å². The van der Waals surface area contributed by atoms with Crippen LogP contribution >= 0.6 is 0 Å². The third kappa shape index (κ3) is 3.36. The van der Waals surface area contributed by atoms with Crippen LogP contribution in [0.5, 0.6) is 0 Å². The average Bonchev–Trinajstić information content (AvgIpc) is 2.48. The summed E-state index contributed by atoms with van der Waals surface area (Å²) < 4.78 is 1.43. The van der Waals surface area contributed by atoms with Crippen LogP contribution in [-0.2, 0) is 0 Å². The molecule has 0 unspecified atom stereocenters. The van der Waals surface area contributed by atoms with E-state index in [-0.39, 0.29) is 0 Å². The second-order valence-corrected chi connectivity index (χ2v) is 8.53. The van der Waals surface area contributed by atoms with Gasteiger partial charge in [-0.15, -0.1) is 0 Å². The molecule has 3 radical (unpaired) electrons. The van der Waals surface area contributed by atoms with Crippen molar-refractivity contribution in [3.05, 3.63) is 75.8 Å². The normalized spacial score (nSPS) is 11.0. The Kier molecular flexibility index (Phi) is 4.99. The Morgan fingerprint density at radius 3 is 1.20 bits per heavy atom. The van der Waals surface area contributed by atoms with Crippen molar-refractivity contribution >= 4 is 22.7 Å². The Balaban J connectivity index is 2.28. The molecule has 0 heterocycles. The Morgan fingerprint density at radius 2 is 0.880 bits per heavy atom. The van der Waals surface area contributed by atoms with E-state index in [4.69, 9.17) is 0 Å². The van der Waals surface area contributed by atoms with Crippen LogP contribution in [0.25, 0.3) is 22.3 Å². The van der Waals surface area contributed by atoms with Gasteiger partial charge in [-0.05, 0) is 0 Å². The first-order valence-corrected chi connectivity index (χ1v) is 10.1. The Morgan fingerprint density at radius 1 is 0.560 bits per heavy atom. The summed E-state index contributed by atoms with van der Waals surface area (Å²) in [4.78, 5) is 0. The second kappa shape index (κ2) is 6.89. The van der Waals surface area contributed by atoms with E-state index in [9.17, 15) is 0 Å². The van der Waals surface area contributed by atoms with E-state index in [1.54, 1.807) is 18.6 Å². The molecule has 0 spiro atoms. The standard InChI is InChI=1S/C24H25.Ga/c1-15-10-17(3)23(18(4)11-15)21-8-7-9-22(14-21)24-19(5)12-16(2)13-20(24)6;/h7-13H,1-6H3;/q;-1. The Hall–Kier alpha value is -1.70. The molecule has 0 nitrogen and oxygen atoms in total. The van der Waals surface area contributed by atoms with Gasteiger partial charge < -0.3 is 0 Å². The number of rotatable bonds is 2. The molecule has 0 aliphatic rings. The van der Waals surface area contributed by atoms with Crippen molar-refractivity contribution in [1.82, 2.24) is 0 Å². The third-order valence-corrected chi connectivity index (χ3v) is 6.30. The van der Waals surface area contributed by atoms with Gasteiger partial charge in [0.2, 0.25) is 0 Å². The van der Waals surface area contributed by atoms with Crippen LogP contribution in [0, 0.1) is 41.5 Å². The average molecular weight is 383 g/mol. The van der Waals surface area contributed by atoms with Crippen LogP contribution in [0.15, 0.2) is 42.5 Å². The van der Waals surface area contributed by atoms with Gasteiger partial charge in [-0.2, -0.15) is 0 Å². The van der Waals surface area contributed by atoms with Crippen LogP contribution in [-0.4, -0.2) is 18.6 Å². The van der Waals surface area contributed by atoms with Crippen LogP contribution in [0.1, 0.15) is 33.4 Å². The van der Waals surface area contributed by atoms with Crippen LogP contribution in [0.4, 0.5) is 0 Å². The topological polar surface area (TPSA) is 0 Å². The second-order valence-electron chi connectivity index (χ2n) is 7.31. The molecule has 0 aliphatic carbocycles. The van der Waals surface area contributed by atoms with E-state index in [2.05, 4.69) is 84.0 Å². The minimum absolute atomic E-state index is 1.34. The maximum absolute atomic E-state index is 2.30. The van der Waals surface area contributed by atoms with Gasteiger partial charge in [-0.25, -0.2) is 0 Å². The molecule has 0 fully saturated rings. The summed E-state index contributed by atoms with van der Waals surface area (Å²) in [5, 5.41) is 0. The van der Waals surface area contributed by atoms with Gasteiger partial charge >= 0.3 is 162 Å². The molecule has 1 heteroatoms. The quantitative estimate of drug-likeness (QED) is 0.501. The van der Waals surface area contributed by atoms with Crippen molar-refractivity contribution in [2.75, 3.05) is 0 Å². The van der Waals surface area contributed by atoms with E-state index in [1.165, 1.54) is 59.8 Å². The molecule has 3 rings (SSSR count). The zero-order chi connectivity index (χ0) is 18.3. The molecular weight excluding hydrogens is 358 g/mol. The van der Waals surface area contributed by atoms with Crippen molar-refractivity contribution in [2.45, 2.75) is 41.5 Å². The Labute approximate surface area is 162 Å². The van der Waals surface area contributed by atoms with Crippen molar-refractivity contribution in [2.24, 2.45) is 0 Å². The monoisotopic (exact) mass is 382 g/mol. The predicted molar refractivity (Wildman–Crippen MR) is 111 cm³/mol. The van der Waals surface area contributed by atoms with Crippen molar-refractivity contribution < 1.29 is 0 Å². The summed E-state index contributed by atoms with van der Waals surface area (Å²) in [6.07, 6.45) is 0. The van der Waals surface area contributed by atoms with Crippen molar-refractivity contribution in [1.29, 1.82) is 0 Å². The summed E-state index contributed by atoms with van der Waals surface area (Å²) in [5.41, 5.74) is 13.7. The van der Waals surface area contributed by atoms with E-state index < -0.39 is 0 Å². The third-order valence-electron chi connectivity index (χ3n) is 5.00. The zero-order valence-corrected chi connectivity index (χ0v) is 18.5. The maximum atomic E-state index is 2.30. The van der Waals surface area contributed by atoms with Gasteiger partial charge in [-0.3, -0.25) is 0 Å². The molecule has 0 saturated heterocycles. The molecule has 125 valence electrons. The predicted octanol–water partition coefficient (Wildman–Crippen LogP) is 5.66. The van der Waals surface area contributed by atoms with Gasteiger partial charge in [0.05, 0.1) is 0 Å². The van der Waals surface area contributed by atoms with Gasteiger partial charge in [0.1, 0.15) is 0 Å². The molecule has 25 heavy (non-hydrogen) atoms. The van der Waals surface area contributed by atoms with Crippen molar-refractivity contribution in [3.63, 3.8) is 0 Å². The van der Waals surface area contributed by atoms with E-state index >= 15 is 0 Å². The fourth-order valence-corrected chi connectivity index (χ4v) is 5.22. The first kappa shape index (κ1) is 18.1. The van der Waals surface area contributed by atoms with E-state index in [1.807, 2.05) is 0 Å². The molecular formula is C24H25Ga-. The molecule has 0 aromatic heterocycles. The SMILES string of the molecule is Cc1cc(C)c(-c2cccc(-c3c(C)cc(C)cc3C)[c]2[Ga-])c(C)c1. The summed E-state index contributed by atoms with van der Waals surface area (Å²) in [7, 11) is 0. The van der Waals surface area contributed by atoms with E-state index in [0.29, 0.717) is 0 Å². The molecule has 3 aromatic rings. The zero-order valence-electron chi connectivity index (χ0n) is 16.1. The fourth-order valence-electron chi connectivity index (χ4n) is 4.21. The summed E-state index contributed by atoms with van der Waals surface area (Å²) >= 11 is 1.71. The van der Waals surface area contributed by atoms with Gasteiger partial charge in [0.15, 0.2) is 0 Å². The minimum atomic E-state index is 1.34. The van der Waals surface area contributed by atoms with Crippen LogP contribution in [0.2, 0.25) is 0 Å². The number of benzene rings is 3. The number of hydrogen-bond acceptors (Lipinski definition) is 0. The number of aryl methyl sites for hydroxylation is 6. The Bertz CT molecular complexity index is 842. The summed E-state index contributed by atoms with van der Waals surface area (Å²) in [5.74, 6) is 0. The van der Waals surface area contributed by atoms with Crippen LogP contribution < -0.4 is 4.12 Å². The first-order valence-electron chi connectivity index (χ1n) is 8.84. The molecule has 0 bridgehead atoms. The molecule has 0 amide bonds. The fraction of sp³-hybridized carbons (Fsp3) is 0.250. The summed E-state index contributed by atoms with van der Waals surface area (Å²) in [6, 6.07) is 16.0.